The fourth-order valence-corrected chi connectivity index (χ4v) is 2.31. The van der Waals surface area contributed by atoms with Crippen molar-refractivity contribution in [3.05, 3.63) is 52.2 Å². The number of halogens is 1. The van der Waals surface area contributed by atoms with Crippen LogP contribution in [0.4, 0.5) is 0 Å². The molecule has 0 saturated heterocycles. The lowest BCUT2D eigenvalue weighted by molar-refractivity contribution is 0.458. The van der Waals surface area contributed by atoms with Gasteiger partial charge in [-0.25, -0.2) is 4.98 Å². The first kappa shape index (κ1) is 14.4. The molecule has 2 aromatic rings. The van der Waals surface area contributed by atoms with Crippen LogP contribution in [0.25, 0.3) is 0 Å². The van der Waals surface area contributed by atoms with Gasteiger partial charge in [0.2, 0.25) is 5.88 Å². The van der Waals surface area contributed by atoms with Crippen molar-refractivity contribution < 1.29 is 4.74 Å². The molecule has 1 aromatic heterocycles. The Morgan fingerprint density at radius 3 is 2.90 bits per heavy atom. The van der Waals surface area contributed by atoms with E-state index in [1.165, 1.54) is 18.4 Å². The fourth-order valence-electron chi connectivity index (χ4n) is 2.14. The molecular formula is C17H19ClN2O. The van der Waals surface area contributed by atoms with Crippen LogP contribution in [0.5, 0.6) is 11.6 Å². The Hall–Kier alpha value is -1.58. The normalized spacial score (nSPS) is 14.2. The van der Waals surface area contributed by atoms with E-state index in [0.29, 0.717) is 16.9 Å². The maximum absolute atomic E-state index is 6.20. The summed E-state index contributed by atoms with van der Waals surface area (Å²) in [5.74, 6) is 1.42. The monoisotopic (exact) mass is 302 g/mol. The van der Waals surface area contributed by atoms with E-state index in [0.717, 1.165) is 23.4 Å². The van der Waals surface area contributed by atoms with Gasteiger partial charge in [-0.05, 0) is 49.4 Å². The third kappa shape index (κ3) is 3.55. The highest BCUT2D eigenvalue weighted by molar-refractivity contribution is 6.31. The molecule has 3 nitrogen and oxygen atoms in total. The van der Waals surface area contributed by atoms with Crippen LogP contribution in [0.2, 0.25) is 5.02 Å². The molecule has 1 aliphatic carbocycles. The van der Waals surface area contributed by atoms with E-state index >= 15 is 0 Å². The van der Waals surface area contributed by atoms with Gasteiger partial charge in [-0.1, -0.05) is 23.7 Å². The molecule has 1 heterocycles. The van der Waals surface area contributed by atoms with E-state index in [2.05, 4.69) is 30.2 Å². The smallest absolute Gasteiger partial charge is 0.219 e. The largest absolute Gasteiger partial charge is 0.439 e. The molecule has 1 aromatic carbocycles. The number of rotatable bonds is 5. The number of aromatic nitrogens is 1. The van der Waals surface area contributed by atoms with Crippen molar-refractivity contribution in [3.63, 3.8) is 0 Å². The lowest BCUT2D eigenvalue weighted by Crippen LogP contribution is -2.15. The summed E-state index contributed by atoms with van der Waals surface area (Å²) < 4.78 is 5.91. The van der Waals surface area contributed by atoms with Gasteiger partial charge in [0.25, 0.3) is 0 Å². The second-order valence-electron chi connectivity index (χ2n) is 5.57. The van der Waals surface area contributed by atoms with Crippen molar-refractivity contribution in [1.82, 2.24) is 10.3 Å². The van der Waals surface area contributed by atoms with Crippen LogP contribution in [-0.2, 0) is 6.54 Å². The molecule has 1 N–H and O–H groups in total. The molecule has 1 aliphatic rings. The third-order valence-electron chi connectivity index (χ3n) is 3.84. The standard InChI is InChI=1S/C17H19ClN2O/c1-11-4-3-5-16(12(11)2)21-17-8-13(15(18)10-20-17)9-19-14-6-7-14/h3-5,8,10,14,19H,6-7,9H2,1-2H3. The molecular weight excluding hydrogens is 284 g/mol. The molecule has 0 atom stereocenters. The number of nitrogens with zero attached hydrogens (tertiary/aromatic N) is 1. The maximum Gasteiger partial charge on any atom is 0.219 e. The summed E-state index contributed by atoms with van der Waals surface area (Å²) >= 11 is 6.20. The number of hydrogen-bond acceptors (Lipinski definition) is 3. The summed E-state index contributed by atoms with van der Waals surface area (Å²) in [6.07, 6.45) is 4.18. The minimum atomic E-state index is 0.584. The van der Waals surface area contributed by atoms with Crippen molar-refractivity contribution in [2.75, 3.05) is 0 Å². The average Bonchev–Trinajstić information content (AvgIpc) is 3.28. The Labute approximate surface area is 130 Å². The SMILES string of the molecule is Cc1cccc(Oc2cc(CNC3CC3)c(Cl)cn2)c1C. The maximum atomic E-state index is 6.20. The molecule has 0 aliphatic heterocycles. The van der Waals surface area contributed by atoms with Gasteiger partial charge in [0.05, 0.1) is 5.02 Å². The molecule has 0 radical (unpaired) electrons. The van der Waals surface area contributed by atoms with E-state index in [4.69, 9.17) is 16.3 Å². The van der Waals surface area contributed by atoms with E-state index in [1.54, 1.807) is 6.20 Å². The Kier molecular flexibility index (Phi) is 4.13. The number of nitrogens with one attached hydrogen (secondary N) is 1. The minimum absolute atomic E-state index is 0.584. The van der Waals surface area contributed by atoms with Crippen LogP contribution in [-0.4, -0.2) is 11.0 Å². The van der Waals surface area contributed by atoms with Crippen molar-refractivity contribution >= 4 is 11.6 Å². The van der Waals surface area contributed by atoms with E-state index in [-0.39, 0.29) is 0 Å². The Bertz CT molecular complexity index is 653. The summed E-state index contributed by atoms with van der Waals surface area (Å²) in [6.45, 7) is 4.88. The zero-order valence-corrected chi connectivity index (χ0v) is 13.1. The van der Waals surface area contributed by atoms with E-state index in [1.807, 2.05) is 18.2 Å². The van der Waals surface area contributed by atoms with E-state index in [9.17, 15) is 0 Å². The lowest BCUT2D eigenvalue weighted by atomic mass is 10.1. The lowest BCUT2D eigenvalue weighted by Gasteiger charge is -2.11. The molecule has 0 amide bonds. The van der Waals surface area contributed by atoms with Gasteiger partial charge >= 0.3 is 0 Å². The van der Waals surface area contributed by atoms with Crippen LogP contribution in [0.1, 0.15) is 29.5 Å². The summed E-state index contributed by atoms with van der Waals surface area (Å²) in [5.41, 5.74) is 3.36. The Balaban J connectivity index is 1.78. The molecule has 21 heavy (non-hydrogen) atoms. The highest BCUT2D eigenvalue weighted by atomic mass is 35.5. The van der Waals surface area contributed by atoms with Gasteiger partial charge in [0.1, 0.15) is 5.75 Å². The molecule has 0 spiro atoms. The van der Waals surface area contributed by atoms with Gasteiger partial charge in [0.15, 0.2) is 0 Å². The van der Waals surface area contributed by atoms with Gasteiger partial charge in [-0.15, -0.1) is 0 Å². The van der Waals surface area contributed by atoms with E-state index < -0.39 is 0 Å². The summed E-state index contributed by atoms with van der Waals surface area (Å²) in [6, 6.07) is 8.59. The Morgan fingerprint density at radius 1 is 1.33 bits per heavy atom. The molecule has 4 heteroatoms. The molecule has 0 bridgehead atoms. The van der Waals surface area contributed by atoms with Crippen molar-refractivity contribution in [2.45, 2.75) is 39.3 Å². The molecule has 3 rings (SSSR count). The van der Waals surface area contributed by atoms with Crippen LogP contribution >= 0.6 is 11.6 Å². The molecule has 110 valence electrons. The quantitative estimate of drug-likeness (QED) is 0.889. The van der Waals surface area contributed by atoms with Gasteiger partial charge < -0.3 is 10.1 Å². The molecule has 1 fully saturated rings. The fraction of sp³-hybridized carbons (Fsp3) is 0.353. The second kappa shape index (κ2) is 6.04. The zero-order chi connectivity index (χ0) is 14.8. The van der Waals surface area contributed by atoms with Gasteiger partial charge in [-0.2, -0.15) is 0 Å². The highest BCUT2D eigenvalue weighted by Gasteiger charge is 2.20. The first-order chi connectivity index (χ1) is 10.1. The zero-order valence-electron chi connectivity index (χ0n) is 12.3. The number of pyridine rings is 1. The first-order valence-corrected chi connectivity index (χ1v) is 7.63. The van der Waals surface area contributed by atoms with Crippen LogP contribution in [0.15, 0.2) is 30.5 Å². The number of hydrogen-bond donors (Lipinski definition) is 1. The average molecular weight is 303 g/mol. The minimum Gasteiger partial charge on any atom is -0.439 e. The third-order valence-corrected chi connectivity index (χ3v) is 4.18. The van der Waals surface area contributed by atoms with Crippen molar-refractivity contribution in [2.24, 2.45) is 0 Å². The Morgan fingerprint density at radius 2 is 2.14 bits per heavy atom. The number of benzene rings is 1. The van der Waals surface area contributed by atoms with Crippen LogP contribution in [0, 0.1) is 13.8 Å². The summed E-state index contributed by atoms with van der Waals surface area (Å²) in [7, 11) is 0. The highest BCUT2D eigenvalue weighted by Crippen LogP contribution is 2.28. The first-order valence-electron chi connectivity index (χ1n) is 7.25. The molecule has 0 unspecified atom stereocenters. The number of ether oxygens (including phenoxy) is 1. The van der Waals surface area contributed by atoms with Gasteiger partial charge in [-0.3, -0.25) is 0 Å². The second-order valence-corrected chi connectivity index (χ2v) is 5.98. The van der Waals surface area contributed by atoms with Crippen molar-refractivity contribution in [1.29, 1.82) is 0 Å². The molecule has 1 saturated carbocycles. The topological polar surface area (TPSA) is 34.1 Å². The predicted octanol–water partition coefficient (Wildman–Crippen LogP) is 4.40. The number of aryl methyl sites for hydroxylation is 1. The van der Waals surface area contributed by atoms with Crippen LogP contribution in [0.3, 0.4) is 0 Å². The summed E-state index contributed by atoms with van der Waals surface area (Å²) in [5, 5.41) is 4.13. The van der Waals surface area contributed by atoms with Gasteiger partial charge in [0, 0.05) is 24.8 Å². The summed E-state index contributed by atoms with van der Waals surface area (Å²) in [4.78, 5) is 4.27. The van der Waals surface area contributed by atoms with Crippen molar-refractivity contribution in [3.8, 4) is 11.6 Å². The predicted molar refractivity (Wildman–Crippen MR) is 85.1 cm³/mol. The van der Waals surface area contributed by atoms with Crippen LogP contribution < -0.4 is 10.1 Å².